The van der Waals surface area contributed by atoms with Gasteiger partial charge in [0.1, 0.15) is 5.92 Å². The molecule has 1 heterocycles. The lowest BCUT2D eigenvalue weighted by Crippen LogP contribution is -2.31. The summed E-state index contributed by atoms with van der Waals surface area (Å²) in [7, 11) is 0. The molecule has 0 aromatic heterocycles. The van der Waals surface area contributed by atoms with Gasteiger partial charge in [-0.15, -0.1) is 0 Å². The van der Waals surface area contributed by atoms with E-state index in [0.717, 1.165) is 5.56 Å². The molecular formula is C24H18N2O4. The molecule has 1 amide bonds. The van der Waals surface area contributed by atoms with Crippen molar-refractivity contribution >= 4 is 17.4 Å². The van der Waals surface area contributed by atoms with Gasteiger partial charge >= 0.3 is 0 Å². The summed E-state index contributed by atoms with van der Waals surface area (Å²) in [6.07, 6.45) is 0.218. The molecule has 3 aromatic rings. The molecular weight excluding hydrogens is 380 g/mol. The van der Waals surface area contributed by atoms with Gasteiger partial charge in [0.05, 0.1) is 11.6 Å². The Kier molecular flexibility index (Phi) is 5.44. The van der Waals surface area contributed by atoms with Crippen LogP contribution in [0.4, 0.5) is 5.69 Å². The summed E-state index contributed by atoms with van der Waals surface area (Å²) in [6.45, 7) is 0.139. The zero-order valence-corrected chi connectivity index (χ0v) is 16.0. The van der Waals surface area contributed by atoms with E-state index in [1.807, 2.05) is 6.07 Å². The summed E-state index contributed by atoms with van der Waals surface area (Å²) in [5, 5.41) is 11.8. The number of anilines is 1. The van der Waals surface area contributed by atoms with Crippen LogP contribution in [0.3, 0.4) is 0 Å². The monoisotopic (exact) mass is 398 g/mol. The second-order valence-corrected chi connectivity index (χ2v) is 6.85. The molecule has 3 aromatic carbocycles. The standard InChI is InChI=1S/C24H18N2O4/c25-14-17-8-6-16(7-9-17)12-20(23(27)18-4-2-1-3-5-18)24(28)26-19-10-11-21-22(13-19)30-15-29-21/h1-11,13,20H,12,15H2,(H,26,28)/t20-/m0/s1. The maximum absolute atomic E-state index is 13.1. The smallest absolute Gasteiger partial charge is 0.235 e. The first-order chi connectivity index (χ1) is 14.6. The molecule has 0 spiro atoms. The third-order valence-electron chi connectivity index (χ3n) is 4.85. The molecule has 4 rings (SSSR count). The van der Waals surface area contributed by atoms with Crippen molar-refractivity contribution in [3.05, 3.63) is 89.5 Å². The largest absolute Gasteiger partial charge is 0.454 e. The molecule has 148 valence electrons. The summed E-state index contributed by atoms with van der Waals surface area (Å²) >= 11 is 0. The van der Waals surface area contributed by atoms with Crippen molar-refractivity contribution in [1.82, 2.24) is 0 Å². The Morgan fingerprint density at radius 3 is 2.43 bits per heavy atom. The van der Waals surface area contributed by atoms with Crippen molar-refractivity contribution in [1.29, 1.82) is 5.26 Å². The molecule has 0 saturated carbocycles. The van der Waals surface area contributed by atoms with Gasteiger partial charge in [0.15, 0.2) is 17.3 Å². The van der Waals surface area contributed by atoms with Crippen molar-refractivity contribution in [3.63, 3.8) is 0 Å². The number of hydrogen-bond acceptors (Lipinski definition) is 5. The quantitative estimate of drug-likeness (QED) is 0.501. The number of Topliss-reactive ketones (excluding diaryl/α,β-unsaturated/α-hetero) is 1. The Hall–Kier alpha value is -4.11. The first kappa shape index (κ1) is 19.2. The van der Waals surface area contributed by atoms with Crippen LogP contribution in [0.5, 0.6) is 11.5 Å². The highest BCUT2D eigenvalue weighted by Crippen LogP contribution is 2.34. The predicted molar refractivity (Wildman–Crippen MR) is 110 cm³/mol. The summed E-state index contributed by atoms with van der Waals surface area (Å²) in [5.74, 6) is -0.440. The van der Waals surface area contributed by atoms with E-state index in [1.54, 1.807) is 66.7 Å². The van der Waals surface area contributed by atoms with Crippen LogP contribution in [0.2, 0.25) is 0 Å². The molecule has 1 atom stereocenters. The normalized spacial score (nSPS) is 12.6. The van der Waals surface area contributed by atoms with E-state index in [0.29, 0.717) is 28.3 Å². The van der Waals surface area contributed by atoms with E-state index in [4.69, 9.17) is 14.7 Å². The van der Waals surface area contributed by atoms with Crippen molar-refractivity contribution in [3.8, 4) is 17.6 Å². The van der Waals surface area contributed by atoms with E-state index >= 15 is 0 Å². The van der Waals surface area contributed by atoms with Gasteiger partial charge in [0.2, 0.25) is 12.7 Å². The van der Waals surface area contributed by atoms with Gasteiger partial charge in [-0.2, -0.15) is 5.26 Å². The summed E-state index contributed by atoms with van der Waals surface area (Å²) in [6, 6.07) is 22.8. The number of rotatable bonds is 6. The van der Waals surface area contributed by atoms with Crippen molar-refractivity contribution in [2.75, 3.05) is 12.1 Å². The highest BCUT2D eigenvalue weighted by molar-refractivity contribution is 6.13. The van der Waals surface area contributed by atoms with Crippen LogP contribution in [-0.2, 0) is 11.2 Å². The van der Waals surface area contributed by atoms with Crippen molar-refractivity contribution in [2.45, 2.75) is 6.42 Å². The number of benzene rings is 3. The Labute approximate surface area is 173 Å². The van der Waals surface area contributed by atoms with Gasteiger partial charge in [-0.25, -0.2) is 0 Å². The fourth-order valence-corrected chi connectivity index (χ4v) is 3.26. The average Bonchev–Trinajstić information content (AvgIpc) is 3.26. The van der Waals surface area contributed by atoms with Crippen molar-refractivity contribution in [2.24, 2.45) is 5.92 Å². The van der Waals surface area contributed by atoms with Crippen LogP contribution in [0.15, 0.2) is 72.8 Å². The lowest BCUT2D eigenvalue weighted by atomic mass is 9.90. The molecule has 6 nitrogen and oxygen atoms in total. The summed E-state index contributed by atoms with van der Waals surface area (Å²) in [5.41, 5.74) is 2.31. The maximum Gasteiger partial charge on any atom is 0.235 e. The zero-order valence-electron chi connectivity index (χ0n) is 16.0. The number of ether oxygens (including phenoxy) is 2. The van der Waals surface area contributed by atoms with Crippen LogP contribution in [0, 0.1) is 17.2 Å². The second-order valence-electron chi connectivity index (χ2n) is 6.85. The number of carbonyl (C=O) groups is 2. The number of hydrogen-bond donors (Lipinski definition) is 1. The Bertz CT molecular complexity index is 1120. The molecule has 1 N–H and O–H groups in total. The second kappa shape index (κ2) is 8.50. The highest BCUT2D eigenvalue weighted by atomic mass is 16.7. The van der Waals surface area contributed by atoms with Crippen molar-refractivity contribution < 1.29 is 19.1 Å². The molecule has 0 saturated heterocycles. The molecule has 0 bridgehead atoms. The fourth-order valence-electron chi connectivity index (χ4n) is 3.26. The SMILES string of the molecule is N#Cc1ccc(C[C@H](C(=O)Nc2ccc3c(c2)OCO3)C(=O)c2ccccc2)cc1. The summed E-state index contributed by atoms with van der Waals surface area (Å²) in [4.78, 5) is 26.2. The first-order valence-corrected chi connectivity index (χ1v) is 9.43. The highest BCUT2D eigenvalue weighted by Gasteiger charge is 2.28. The third-order valence-corrected chi connectivity index (χ3v) is 4.85. The average molecular weight is 398 g/mol. The minimum Gasteiger partial charge on any atom is -0.454 e. The van der Waals surface area contributed by atoms with Gasteiger partial charge in [-0.3, -0.25) is 9.59 Å². The fraction of sp³-hybridized carbons (Fsp3) is 0.125. The maximum atomic E-state index is 13.1. The lowest BCUT2D eigenvalue weighted by molar-refractivity contribution is -0.118. The van der Waals surface area contributed by atoms with Gasteiger partial charge in [0, 0.05) is 17.3 Å². The third kappa shape index (κ3) is 4.15. The van der Waals surface area contributed by atoms with E-state index in [-0.39, 0.29) is 19.0 Å². The minimum absolute atomic E-state index is 0.139. The number of amides is 1. The number of nitrogens with one attached hydrogen (secondary N) is 1. The lowest BCUT2D eigenvalue weighted by Gasteiger charge is -2.16. The number of carbonyl (C=O) groups excluding carboxylic acids is 2. The first-order valence-electron chi connectivity index (χ1n) is 9.43. The van der Waals surface area contributed by atoms with Gasteiger partial charge in [-0.1, -0.05) is 42.5 Å². The van der Waals surface area contributed by atoms with Crippen LogP contribution < -0.4 is 14.8 Å². The van der Waals surface area contributed by atoms with E-state index in [1.165, 1.54) is 0 Å². The molecule has 1 aliphatic heterocycles. The molecule has 1 aliphatic rings. The van der Waals surface area contributed by atoms with E-state index < -0.39 is 11.8 Å². The molecule has 0 unspecified atom stereocenters. The summed E-state index contributed by atoms with van der Waals surface area (Å²) < 4.78 is 10.6. The topological polar surface area (TPSA) is 88.4 Å². The van der Waals surface area contributed by atoms with Crippen LogP contribution in [0.25, 0.3) is 0 Å². The molecule has 6 heteroatoms. The van der Waals surface area contributed by atoms with Gasteiger partial charge < -0.3 is 14.8 Å². The molecule has 0 fully saturated rings. The number of nitrogens with zero attached hydrogens (tertiary/aromatic N) is 1. The number of ketones is 1. The molecule has 30 heavy (non-hydrogen) atoms. The van der Waals surface area contributed by atoms with Crippen LogP contribution >= 0.6 is 0 Å². The van der Waals surface area contributed by atoms with E-state index in [2.05, 4.69) is 11.4 Å². The van der Waals surface area contributed by atoms with E-state index in [9.17, 15) is 9.59 Å². The Balaban J connectivity index is 1.59. The van der Waals surface area contributed by atoms with Crippen LogP contribution in [-0.4, -0.2) is 18.5 Å². The zero-order chi connectivity index (χ0) is 20.9. The van der Waals surface area contributed by atoms with Crippen LogP contribution in [0.1, 0.15) is 21.5 Å². The van der Waals surface area contributed by atoms with Gasteiger partial charge in [0.25, 0.3) is 0 Å². The Morgan fingerprint density at radius 1 is 0.967 bits per heavy atom. The minimum atomic E-state index is -0.925. The molecule has 0 radical (unpaired) electrons. The Morgan fingerprint density at radius 2 is 1.70 bits per heavy atom. The van der Waals surface area contributed by atoms with Gasteiger partial charge in [-0.05, 0) is 36.2 Å². The number of fused-ring (bicyclic) bond motifs is 1. The predicted octanol–water partition coefficient (Wildman–Crippen LogP) is 3.97. The number of nitriles is 1. The molecule has 0 aliphatic carbocycles.